The summed E-state index contributed by atoms with van der Waals surface area (Å²) in [6.07, 6.45) is 0. The Bertz CT molecular complexity index is 313. The minimum Gasteiger partial charge on any atom is -0.308 e. The lowest BCUT2D eigenvalue weighted by atomic mass is 10.1. The maximum Gasteiger partial charge on any atom is 0.0408 e. The Morgan fingerprint density at radius 3 is 2.43 bits per heavy atom. The van der Waals surface area contributed by atoms with E-state index in [1.807, 2.05) is 12.1 Å². The SMILES string of the molecule is Cc1cc(Cl)ccc1CNC(C)(C)C. The van der Waals surface area contributed by atoms with Gasteiger partial charge in [-0.05, 0) is 51.0 Å². The second-order valence-electron chi connectivity index (χ2n) is 4.67. The topological polar surface area (TPSA) is 12.0 Å². The zero-order chi connectivity index (χ0) is 10.8. The molecule has 2 heteroatoms. The van der Waals surface area contributed by atoms with E-state index in [0.717, 1.165) is 11.6 Å². The Balaban J connectivity index is 2.68. The summed E-state index contributed by atoms with van der Waals surface area (Å²) in [5, 5.41) is 4.26. The smallest absolute Gasteiger partial charge is 0.0408 e. The van der Waals surface area contributed by atoms with Crippen LogP contribution in [0.3, 0.4) is 0 Å². The molecule has 1 rings (SSSR count). The van der Waals surface area contributed by atoms with Crippen molar-refractivity contribution in [3.05, 3.63) is 34.3 Å². The largest absolute Gasteiger partial charge is 0.308 e. The van der Waals surface area contributed by atoms with Crippen LogP contribution in [0.1, 0.15) is 31.9 Å². The molecule has 0 aromatic heterocycles. The molecule has 0 aliphatic carbocycles. The zero-order valence-corrected chi connectivity index (χ0v) is 10.1. The number of hydrogen-bond acceptors (Lipinski definition) is 1. The van der Waals surface area contributed by atoms with Gasteiger partial charge in [0, 0.05) is 17.1 Å². The molecule has 1 aromatic rings. The summed E-state index contributed by atoms with van der Waals surface area (Å²) >= 11 is 5.89. The number of hydrogen-bond donors (Lipinski definition) is 1. The molecule has 0 radical (unpaired) electrons. The van der Waals surface area contributed by atoms with E-state index in [0.29, 0.717) is 0 Å². The van der Waals surface area contributed by atoms with Gasteiger partial charge in [0.1, 0.15) is 0 Å². The Labute approximate surface area is 91.5 Å². The maximum atomic E-state index is 5.89. The van der Waals surface area contributed by atoms with E-state index >= 15 is 0 Å². The van der Waals surface area contributed by atoms with E-state index in [9.17, 15) is 0 Å². The normalized spacial score (nSPS) is 11.8. The average molecular weight is 212 g/mol. The van der Waals surface area contributed by atoms with Gasteiger partial charge in [0.05, 0.1) is 0 Å². The Hall–Kier alpha value is -0.530. The van der Waals surface area contributed by atoms with Crippen molar-refractivity contribution < 1.29 is 0 Å². The number of aryl methyl sites for hydroxylation is 1. The van der Waals surface area contributed by atoms with Crippen LogP contribution in [0.25, 0.3) is 0 Å². The maximum absolute atomic E-state index is 5.89. The van der Waals surface area contributed by atoms with Crippen molar-refractivity contribution in [3.8, 4) is 0 Å². The molecular formula is C12H18ClN. The quantitative estimate of drug-likeness (QED) is 0.789. The van der Waals surface area contributed by atoms with Gasteiger partial charge in [0.15, 0.2) is 0 Å². The fourth-order valence-electron chi connectivity index (χ4n) is 1.22. The summed E-state index contributed by atoms with van der Waals surface area (Å²) in [5.41, 5.74) is 2.71. The van der Waals surface area contributed by atoms with Gasteiger partial charge in [-0.3, -0.25) is 0 Å². The van der Waals surface area contributed by atoms with E-state index in [4.69, 9.17) is 11.6 Å². The van der Waals surface area contributed by atoms with Crippen molar-refractivity contribution in [2.75, 3.05) is 0 Å². The summed E-state index contributed by atoms with van der Waals surface area (Å²) in [6.45, 7) is 9.48. The fourth-order valence-corrected chi connectivity index (χ4v) is 1.44. The molecular weight excluding hydrogens is 194 g/mol. The molecule has 0 amide bonds. The molecule has 0 saturated carbocycles. The monoisotopic (exact) mass is 211 g/mol. The molecule has 14 heavy (non-hydrogen) atoms. The summed E-state index contributed by atoms with van der Waals surface area (Å²) in [5.74, 6) is 0. The molecule has 0 fully saturated rings. The summed E-state index contributed by atoms with van der Waals surface area (Å²) in [7, 11) is 0. The minimum absolute atomic E-state index is 0.159. The number of rotatable bonds is 2. The van der Waals surface area contributed by atoms with E-state index in [-0.39, 0.29) is 5.54 Å². The third-order valence-electron chi connectivity index (χ3n) is 2.11. The Morgan fingerprint density at radius 1 is 1.29 bits per heavy atom. The van der Waals surface area contributed by atoms with Gasteiger partial charge in [0.25, 0.3) is 0 Å². The molecule has 0 heterocycles. The Morgan fingerprint density at radius 2 is 1.93 bits per heavy atom. The zero-order valence-electron chi connectivity index (χ0n) is 9.32. The number of halogens is 1. The molecule has 0 atom stereocenters. The van der Waals surface area contributed by atoms with Crippen LogP contribution in [-0.2, 0) is 6.54 Å². The second kappa shape index (κ2) is 4.33. The highest BCUT2D eigenvalue weighted by atomic mass is 35.5. The number of nitrogens with one attached hydrogen (secondary N) is 1. The molecule has 1 N–H and O–H groups in total. The van der Waals surface area contributed by atoms with Gasteiger partial charge in [-0.15, -0.1) is 0 Å². The van der Waals surface area contributed by atoms with E-state index in [2.05, 4.69) is 39.1 Å². The third kappa shape index (κ3) is 3.69. The van der Waals surface area contributed by atoms with Crippen molar-refractivity contribution in [1.82, 2.24) is 5.32 Å². The molecule has 0 saturated heterocycles. The first-order valence-corrected chi connectivity index (χ1v) is 5.26. The first-order chi connectivity index (χ1) is 6.38. The lowest BCUT2D eigenvalue weighted by molar-refractivity contribution is 0.424. The number of benzene rings is 1. The molecule has 1 nitrogen and oxygen atoms in total. The lowest BCUT2D eigenvalue weighted by Gasteiger charge is -2.21. The summed E-state index contributed by atoms with van der Waals surface area (Å²) in [6, 6.07) is 6.02. The van der Waals surface area contributed by atoms with Crippen molar-refractivity contribution in [2.45, 2.75) is 39.8 Å². The van der Waals surface area contributed by atoms with Crippen molar-refractivity contribution in [1.29, 1.82) is 0 Å². The van der Waals surface area contributed by atoms with Crippen LogP contribution in [0.15, 0.2) is 18.2 Å². The molecule has 1 aromatic carbocycles. The van der Waals surface area contributed by atoms with Gasteiger partial charge in [-0.1, -0.05) is 17.7 Å². The first-order valence-electron chi connectivity index (χ1n) is 4.88. The predicted octanol–water partition coefficient (Wildman–Crippen LogP) is 3.54. The standard InChI is InChI=1S/C12H18ClN/c1-9-7-11(13)6-5-10(9)8-14-12(2,3)4/h5-7,14H,8H2,1-4H3. The van der Waals surface area contributed by atoms with E-state index in [1.165, 1.54) is 11.1 Å². The van der Waals surface area contributed by atoms with Gasteiger partial charge < -0.3 is 5.32 Å². The minimum atomic E-state index is 0.159. The highest BCUT2D eigenvalue weighted by molar-refractivity contribution is 6.30. The van der Waals surface area contributed by atoms with Crippen molar-refractivity contribution in [2.24, 2.45) is 0 Å². The fraction of sp³-hybridized carbons (Fsp3) is 0.500. The summed E-state index contributed by atoms with van der Waals surface area (Å²) in [4.78, 5) is 0. The van der Waals surface area contributed by atoms with Gasteiger partial charge in [-0.2, -0.15) is 0 Å². The predicted molar refractivity (Wildman–Crippen MR) is 62.8 cm³/mol. The van der Waals surface area contributed by atoms with Crippen LogP contribution in [0, 0.1) is 6.92 Å². The molecule has 78 valence electrons. The van der Waals surface area contributed by atoms with Crippen LogP contribution in [0.4, 0.5) is 0 Å². The van der Waals surface area contributed by atoms with Gasteiger partial charge >= 0.3 is 0 Å². The third-order valence-corrected chi connectivity index (χ3v) is 2.35. The van der Waals surface area contributed by atoms with Crippen molar-refractivity contribution in [3.63, 3.8) is 0 Å². The van der Waals surface area contributed by atoms with Crippen LogP contribution >= 0.6 is 11.6 Å². The highest BCUT2D eigenvalue weighted by Gasteiger charge is 2.09. The average Bonchev–Trinajstić information content (AvgIpc) is 2.00. The van der Waals surface area contributed by atoms with Crippen LogP contribution in [-0.4, -0.2) is 5.54 Å². The van der Waals surface area contributed by atoms with Gasteiger partial charge in [-0.25, -0.2) is 0 Å². The van der Waals surface area contributed by atoms with Crippen LogP contribution < -0.4 is 5.32 Å². The molecule has 0 bridgehead atoms. The highest BCUT2D eigenvalue weighted by Crippen LogP contribution is 2.15. The molecule has 0 aliphatic rings. The summed E-state index contributed by atoms with van der Waals surface area (Å²) < 4.78 is 0. The molecule has 0 aliphatic heterocycles. The van der Waals surface area contributed by atoms with Gasteiger partial charge in [0.2, 0.25) is 0 Å². The van der Waals surface area contributed by atoms with E-state index in [1.54, 1.807) is 0 Å². The van der Waals surface area contributed by atoms with Crippen molar-refractivity contribution >= 4 is 11.6 Å². The lowest BCUT2D eigenvalue weighted by Crippen LogP contribution is -2.35. The molecule has 0 unspecified atom stereocenters. The van der Waals surface area contributed by atoms with E-state index < -0.39 is 0 Å². The van der Waals surface area contributed by atoms with Crippen LogP contribution in [0.2, 0.25) is 5.02 Å². The first kappa shape index (κ1) is 11.5. The molecule has 0 spiro atoms. The van der Waals surface area contributed by atoms with Crippen LogP contribution in [0.5, 0.6) is 0 Å². The Kier molecular flexibility index (Phi) is 3.57. The second-order valence-corrected chi connectivity index (χ2v) is 5.11.